The zero-order chi connectivity index (χ0) is 9.97. The maximum Gasteiger partial charge on any atom is 0.129 e. The molecule has 1 heterocycles. The van der Waals surface area contributed by atoms with E-state index in [2.05, 4.69) is 10.2 Å². The van der Waals surface area contributed by atoms with Gasteiger partial charge in [0.2, 0.25) is 0 Å². The predicted molar refractivity (Wildman–Crippen MR) is 47.8 cm³/mol. The highest BCUT2D eigenvalue weighted by Gasteiger charge is 2.04. The van der Waals surface area contributed by atoms with E-state index in [1.807, 2.05) is 0 Å². The quantitative estimate of drug-likeness (QED) is 0.780. The van der Waals surface area contributed by atoms with E-state index >= 15 is 0 Å². The predicted octanol–water partition coefficient (Wildman–Crippen LogP) is 2.28. The number of halogens is 2. The fourth-order valence-corrected chi connectivity index (χ4v) is 1.26. The van der Waals surface area contributed by atoms with Gasteiger partial charge in [-0.1, -0.05) is 6.07 Å². The normalized spacial score (nSPS) is 10.4. The van der Waals surface area contributed by atoms with Gasteiger partial charge in [-0.25, -0.2) is 8.78 Å². The molecule has 0 aliphatic rings. The Morgan fingerprint density at radius 2 is 2.14 bits per heavy atom. The Morgan fingerprint density at radius 3 is 2.79 bits per heavy atom. The molecule has 0 bridgehead atoms. The molecule has 0 aliphatic carbocycles. The highest BCUT2D eigenvalue weighted by molar-refractivity contribution is 5.24. The van der Waals surface area contributed by atoms with Crippen LogP contribution in [-0.2, 0) is 6.42 Å². The summed E-state index contributed by atoms with van der Waals surface area (Å²) in [5.74, 6) is -1.08. The van der Waals surface area contributed by atoms with Crippen LogP contribution in [0.15, 0.2) is 30.6 Å². The summed E-state index contributed by atoms with van der Waals surface area (Å²) in [6.45, 7) is 0. The number of H-pyrrole nitrogens is 1. The minimum atomic E-state index is -0.557. The summed E-state index contributed by atoms with van der Waals surface area (Å²) in [5, 5.41) is 6.38. The van der Waals surface area contributed by atoms with E-state index in [9.17, 15) is 8.78 Å². The van der Waals surface area contributed by atoms with E-state index < -0.39 is 11.6 Å². The smallest absolute Gasteiger partial charge is 0.129 e. The number of nitrogens with zero attached hydrogens (tertiary/aromatic N) is 1. The van der Waals surface area contributed by atoms with Crippen molar-refractivity contribution in [2.45, 2.75) is 6.42 Å². The van der Waals surface area contributed by atoms with Crippen molar-refractivity contribution in [3.63, 3.8) is 0 Å². The molecular weight excluding hydrogens is 186 g/mol. The molecule has 72 valence electrons. The molecule has 2 rings (SSSR count). The Balaban J connectivity index is 2.25. The van der Waals surface area contributed by atoms with Crippen molar-refractivity contribution in [1.29, 1.82) is 0 Å². The standard InChI is InChI=1S/C10H8F2N2/c11-9-2-1-8(10(12)4-9)3-7-5-13-14-6-7/h1-2,4-6H,3H2,(H,13,14). The third-order valence-corrected chi connectivity index (χ3v) is 1.96. The van der Waals surface area contributed by atoms with Gasteiger partial charge in [0, 0.05) is 18.7 Å². The van der Waals surface area contributed by atoms with E-state index in [0.29, 0.717) is 12.0 Å². The van der Waals surface area contributed by atoms with Crippen molar-refractivity contribution < 1.29 is 8.78 Å². The largest absolute Gasteiger partial charge is 0.285 e. The molecule has 0 saturated heterocycles. The average Bonchev–Trinajstić information content (AvgIpc) is 2.62. The van der Waals surface area contributed by atoms with E-state index in [1.165, 1.54) is 12.1 Å². The molecular formula is C10H8F2N2. The monoisotopic (exact) mass is 194 g/mol. The van der Waals surface area contributed by atoms with E-state index in [0.717, 1.165) is 11.6 Å². The second-order valence-corrected chi connectivity index (χ2v) is 3.02. The average molecular weight is 194 g/mol. The summed E-state index contributed by atoms with van der Waals surface area (Å²) in [6.07, 6.45) is 3.72. The van der Waals surface area contributed by atoms with Crippen LogP contribution in [0.1, 0.15) is 11.1 Å². The Morgan fingerprint density at radius 1 is 1.29 bits per heavy atom. The van der Waals surface area contributed by atoms with Gasteiger partial charge in [0.1, 0.15) is 11.6 Å². The van der Waals surface area contributed by atoms with Gasteiger partial charge in [-0.2, -0.15) is 5.10 Å². The Labute approximate surface area is 79.6 Å². The topological polar surface area (TPSA) is 28.7 Å². The molecule has 0 spiro atoms. The maximum absolute atomic E-state index is 13.2. The SMILES string of the molecule is Fc1ccc(Cc2cn[nH]c2)c(F)c1. The van der Waals surface area contributed by atoms with Crippen molar-refractivity contribution in [2.75, 3.05) is 0 Å². The molecule has 1 aromatic carbocycles. The van der Waals surface area contributed by atoms with Gasteiger partial charge in [-0.3, -0.25) is 5.10 Å². The van der Waals surface area contributed by atoms with Crippen molar-refractivity contribution in [3.8, 4) is 0 Å². The molecule has 4 heteroatoms. The Hall–Kier alpha value is -1.71. The summed E-state index contributed by atoms with van der Waals surface area (Å²) in [4.78, 5) is 0. The molecule has 0 unspecified atom stereocenters. The molecule has 14 heavy (non-hydrogen) atoms. The Kier molecular flexibility index (Phi) is 2.26. The zero-order valence-electron chi connectivity index (χ0n) is 7.30. The minimum absolute atomic E-state index is 0.419. The van der Waals surface area contributed by atoms with Gasteiger partial charge in [0.25, 0.3) is 0 Å². The van der Waals surface area contributed by atoms with Gasteiger partial charge < -0.3 is 0 Å². The number of nitrogens with one attached hydrogen (secondary N) is 1. The summed E-state index contributed by atoms with van der Waals surface area (Å²) in [6, 6.07) is 3.57. The molecule has 0 atom stereocenters. The van der Waals surface area contributed by atoms with Crippen LogP contribution >= 0.6 is 0 Å². The van der Waals surface area contributed by atoms with Crippen molar-refractivity contribution in [2.24, 2.45) is 0 Å². The first-order valence-corrected chi connectivity index (χ1v) is 4.17. The van der Waals surface area contributed by atoms with Crippen LogP contribution in [0.5, 0.6) is 0 Å². The van der Waals surface area contributed by atoms with Crippen LogP contribution in [0, 0.1) is 11.6 Å². The lowest BCUT2D eigenvalue weighted by Gasteiger charge is -2.00. The fourth-order valence-electron chi connectivity index (χ4n) is 1.26. The number of aromatic nitrogens is 2. The maximum atomic E-state index is 13.2. The number of aromatic amines is 1. The van der Waals surface area contributed by atoms with Crippen LogP contribution in [0.25, 0.3) is 0 Å². The molecule has 0 amide bonds. The second kappa shape index (κ2) is 3.57. The van der Waals surface area contributed by atoms with Gasteiger partial charge in [-0.15, -0.1) is 0 Å². The van der Waals surface area contributed by atoms with E-state index in [-0.39, 0.29) is 0 Å². The van der Waals surface area contributed by atoms with E-state index in [4.69, 9.17) is 0 Å². The third-order valence-electron chi connectivity index (χ3n) is 1.96. The molecule has 1 aromatic heterocycles. The first-order chi connectivity index (χ1) is 6.75. The number of benzene rings is 1. The molecule has 0 saturated carbocycles. The highest BCUT2D eigenvalue weighted by atomic mass is 19.1. The van der Waals surface area contributed by atoms with Crippen LogP contribution in [0.3, 0.4) is 0 Å². The Bertz CT molecular complexity index is 424. The minimum Gasteiger partial charge on any atom is -0.285 e. The third kappa shape index (κ3) is 1.79. The number of hydrogen-bond acceptors (Lipinski definition) is 1. The van der Waals surface area contributed by atoms with Gasteiger partial charge in [-0.05, 0) is 17.2 Å². The van der Waals surface area contributed by atoms with Crippen LogP contribution in [-0.4, -0.2) is 10.2 Å². The highest BCUT2D eigenvalue weighted by Crippen LogP contribution is 2.13. The molecule has 2 nitrogen and oxygen atoms in total. The number of hydrogen-bond donors (Lipinski definition) is 1. The second-order valence-electron chi connectivity index (χ2n) is 3.02. The molecule has 0 fully saturated rings. The molecule has 0 aliphatic heterocycles. The fraction of sp³-hybridized carbons (Fsp3) is 0.100. The van der Waals surface area contributed by atoms with Crippen LogP contribution in [0.2, 0.25) is 0 Å². The molecule has 0 radical (unpaired) electrons. The van der Waals surface area contributed by atoms with Crippen LogP contribution < -0.4 is 0 Å². The number of rotatable bonds is 2. The summed E-state index contributed by atoms with van der Waals surface area (Å²) in [5.41, 5.74) is 1.34. The van der Waals surface area contributed by atoms with E-state index in [1.54, 1.807) is 12.4 Å². The molecule has 1 N–H and O–H groups in total. The lowest BCUT2D eigenvalue weighted by molar-refractivity contribution is 0.574. The van der Waals surface area contributed by atoms with Crippen molar-refractivity contribution in [3.05, 3.63) is 53.4 Å². The first-order valence-electron chi connectivity index (χ1n) is 4.17. The summed E-state index contributed by atoms with van der Waals surface area (Å²) < 4.78 is 25.7. The zero-order valence-corrected chi connectivity index (χ0v) is 7.30. The summed E-state index contributed by atoms with van der Waals surface area (Å²) in [7, 11) is 0. The van der Waals surface area contributed by atoms with Gasteiger partial charge in [0.15, 0.2) is 0 Å². The van der Waals surface area contributed by atoms with Crippen molar-refractivity contribution in [1.82, 2.24) is 10.2 Å². The lowest BCUT2D eigenvalue weighted by Crippen LogP contribution is -1.92. The first kappa shape index (κ1) is 8.87. The van der Waals surface area contributed by atoms with Gasteiger partial charge >= 0.3 is 0 Å². The molecule has 2 aromatic rings. The van der Waals surface area contributed by atoms with Crippen molar-refractivity contribution >= 4 is 0 Å². The van der Waals surface area contributed by atoms with Gasteiger partial charge in [0.05, 0.1) is 6.20 Å². The summed E-state index contributed by atoms with van der Waals surface area (Å²) >= 11 is 0. The van der Waals surface area contributed by atoms with Crippen LogP contribution in [0.4, 0.5) is 8.78 Å². The lowest BCUT2D eigenvalue weighted by atomic mass is 10.1.